The Morgan fingerprint density at radius 2 is 0.662 bits per heavy atom. The van der Waals surface area contributed by atoms with Crippen LogP contribution in [0.3, 0.4) is 0 Å². The topological polar surface area (TPSA) is 264 Å². The number of pyridine rings is 5. The van der Waals surface area contributed by atoms with Gasteiger partial charge in [0.15, 0.2) is 28.2 Å². The average Bonchev–Trinajstić information content (AvgIpc) is 1.64. The van der Waals surface area contributed by atoms with Crippen molar-refractivity contribution in [3.8, 4) is 5.75 Å². The highest BCUT2D eigenvalue weighted by Gasteiger charge is 2.33. The van der Waals surface area contributed by atoms with Crippen LogP contribution in [0.1, 0.15) is 302 Å². The number of imidazole rings is 5. The van der Waals surface area contributed by atoms with Crippen LogP contribution in [0.25, 0.3) is 55.8 Å². The molecule has 762 valence electrons. The number of aromatic nitrogens is 15. The third-order valence-corrected chi connectivity index (χ3v) is 27.4. The maximum Gasteiger partial charge on any atom is 0.254 e. The Kier molecular flexibility index (Phi) is 37.4. The molecule has 145 heavy (non-hydrogen) atoms. The van der Waals surface area contributed by atoms with Crippen molar-refractivity contribution in [2.24, 2.45) is 17.8 Å². The van der Waals surface area contributed by atoms with Crippen LogP contribution in [0.5, 0.6) is 5.75 Å². The van der Waals surface area contributed by atoms with E-state index in [4.69, 9.17) is 29.7 Å². The van der Waals surface area contributed by atoms with Gasteiger partial charge in [0, 0.05) is 123 Å². The van der Waals surface area contributed by atoms with Crippen molar-refractivity contribution in [1.82, 2.24) is 97.2 Å². The van der Waals surface area contributed by atoms with Crippen molar-refractivity contribution in [2.45, 2.75) is 267 Å². The molecule has 10 heterocycles. The molecule has 5 amide bonds. The molecule has 0 aliphatic heterocycles. The Labute approximate surface area is 847 Å². The Balaban J connectivity index is 0.000000136. The highest BCUT2D eigenvalue weighted by atomic mass is 19.1. The number of halogens is 4. The van der Waals surface area contributed by atoms with Gasteiger partial charge >= 0.3 is 0 Å². The lowest BCUT2D eigenvalue weighted by molar-refractivity contribution is 0.0721. The Hall–Kier alpha value is -13.9. The number of hydrogen-bond donors (Lipinski definition) is 0. The van der Waals surface area contributed by atoms with Gasteiger partial charge < -0.3 is 52.1 Å². The van der Waals surface area contributed by atoms with E-state index in [1.54, 1.807) is 71.9 Å². The fourth-order valence-electron chi connectivity index (χ4n) is 19.5. The number of amides is 5. The van der Waals surface area contributed by atoms with Crippen molar-refractivity contribution < 1.29 is 46.3 Å². The van der Waals surface area contributed by atoms with Crippen molar-refractivity contribution >= 4 is 85.4 Å². The minimum Gasteiger partial charge on any atom is -0.497 e. The molecule has 26 nitrogen and oxygen atoms in total. The molecular weight excluding hydrogens is 1830 g/mol. The lowest BCUT2D eigenvalue weighted by Crippen LogP contribution is -2.33. The second-order valence-corrected chi connectivity index (χ2v) is 39.3. The fourth-order valence-corrected chi connectivity index (χ4v) is 19.5. The van der Waals surface area contributed by atoms with Gasteiger partial charge in [-0.25, -0.2) is 67.4 Å². The van der Waals surface area contributed by atoms with E-state index < -0.39 is 5.82 Å². The van der Waals surface area contributed by atoms with Gasteiger partial charge in [-0.1, -0.05) is 125 Å². The Morgan fingerprint density at radius 1 is 0.331 bits per heavy atom. The molecule has 4 aliphatic carbocycles. The summed E-state index contributed by atoms with van der Waals surface area (Å²) in [6, 6.07) is 51.1. The molecule has 0 spiro atoms. The van der Waals surface area contributed by atoms with Crippen LogP contribution in [0.2, 0.25) is 0 Å². The van der Waals surface area contributed by atoms with Crippen molar-refractivity contribution in [3.05, 3.63) is 293 Å². The molecule has 0 saturated heterocycles. The zero-order valence-corrected chi connectivity index (χ0v) is 85.3. The number of aryl methyl sites for hydroxylation is 1. The first-order chi connectivity index (χ1) is 70.5. The molecule has 0 radical (unpaired) electrons. The number of nitrogens with zero attached hydrogens (tertiary/aromatic N) is 20. The number of methoxy groups -OCH3 is 1. The summed E-state index contributed by atoms with van der Waals surface area (Å²) in [6.07, 6.45) is 34.2. The maximum atomic E-state index is 13.6. The number of fused-ring (bicyclic) bond motifs is 5. The number of benzene rings is 5. The summed E-state index contributed by atoms with van der Waals surface area (Å²) in [5, 5.41) is 0. The van der Waals surface area contributed by atoms with Gasteiger partial charge in [-0.3, -0.25) is 24.0 Å². The highest BCUT2D eigenvalue weighted by molar-refractivity contribution is 5.97. The van der Waals surface area contributed by atoms with Crippen LogP contribution in [0.4, 0.5) is 17.6 Å². The number of unbranched alkanes of at least 4 members (excludes halogenated alkanes) is 3. The second kappa shape index (κ2) is 51.5. The van der Waals surface area contributed by atoms with Crippen LogP contribution in [0.15, 0.2) is 213 Å². The summed E-state index contributed by atoms with van der Waals surface area (Å²) in [4.78, 5) is 122. The van der Waals surface area contributed by atoms with Crippen LogP contribution in [-0.2, 0) is 45.8 Å². The van der Waals surface area contributed by atoms with E-state index >= 15 is 0 Å². The Bertz CT molecular complexity index is 6770. The molecule has 30 heteroatoms. The zero-order chi connectivity index (χ0) is 102. The van der Waals surface area contributed by atoms with Gasteiger partial charge in [0.1, 0.15) is 85.7 Å². The molecule has 4 saturated carbocycles. The average molecular weight is 1970 g/mol. The molecule has 4 aliphatic rings. The van der Waals surface area contributed by atoms with Gasteiger partial charge in [0.2, 0.25) is 0 Å². The quantitative estimate of drug-likeness (QED) is 0.0257. The summed E-state index contributed by atoms with van der Waals surface area (Å²) >= 11 is 0. The summed E-state index contributed by atoms with van der Waals surface area (Å²) in [6.45, 7) is 24.0. The fraction of sp³-hybridized carbons (Fsp3) is 0.435. The monoisotopic (exact) mass is 1970 g/mol. The molecule has 19 rings (SSSR count). The van der Waals surface area contributed by atoms with Gasteiger partial charge in [-0.2, -0.15) is 0 Å². The van der Waals surface area contributed by atoms with Crippen LogP contribution in [0, 0.1) is 41.0 Å². The van der Waals surface area contributed by atoms with Gasteiger partial charge in [-0.15, -0.1) is 0 Å². The van der Waals surface area contributed by atoms with Crippen molar-refractivity contribution in [3.63, 3.8) is 0 Å². The van der Waals surface area contributed by atoms with Crippen molar-refractivity contribution in [2.75, 3.05) is 39.8 Å². The minimum atomic E-state index is -0.400. The molecule has 0 unspecified atom stereocenters. The lowest BCUT2D eigenvalue weighted by atomic mass is 10.1. The highest BCUT2D eigenvalue weighted by Crippen LogP contribution is 2.39. The molecular formula is C115H138F4N20O6. The van der Waals surface area contributed by atoms with E-state index in [9.17, 15) is 41.5 Å². The van der Waals surface area contributed by atoms with E-state index in [1.807, 2.05) is 119 Å². The Morgan fingerprint density at radius 3 is 1.03 bits per heavy atom. The first-order valence-corrected chi connectivity index (χ1v) is 52.2. The normalized spacial score (nSPS) is 13.8. The van der Waals surface area contributed by atoms with Crippen LogP contribution >= 0.6 is 0 Å². The standard InChI is InChI=1S/2C24H29FN4O.C24H30N4O2.C22H27FN4O.C21H23FN4O/c1-17(2)13-15-28(24(30)18-9-11-19(25)12-10-18)16-22-27-21-8-5-14-26-23(21)29(22)20-6-3-4-7-20;1-2-3-6-16-28(24(30)18-11-13-19(25)14-12-18)17-22-27-21-10-7-15-26-23(21)29(22)20-8-4-5-9-20;1-3-4-15-27(24(29)18-9-7-12-20(16-18)30-2)17-22-26-21-13-8-14-25-23(21)28(22)19-10-5-6-11-19;1-4-13-27-20(25-19-6-5-12-24-21(19)27)15-26(14-11-16(2)3)22(28)17-7-9-18(23)10-8-17;1-2-11-25(21(27)16-5-3-6-17(22)12-16)14-19-24-18-7-4-10-23-20(18)26(19)13-15-8-9-15/h5,8-12,14,17,20H,3-4,6-7,13,15-16H2,1-2H3;7,10-15,20H,2-6,8-9,16-17H2,1H3;7-9,12-14,16,19H,3-6,10-11,15,17H2,1-2H3;5-10,12,16H,4,11,13-15H2,1-3H3;3-7,10,12,15H,2,8-9,11,13-14H2,1H3. The van der Waals surface area contributed by atoms with Crippen LogP contribution < -0.4 is 4.74 Å². The van der Waals surface area contributed by atoms with E-state index in [0.29, 0.717) is 135 Å². The minimum absolute atomic E-state index is 0.0142. The molecule has 10 aromatic heterocycles. The predicted molar refractivity (Wildman–Crippen MR) is 559 cm³/mol. The largest absolute Gasteiger partial charge is 0.497 e. The summed E-state index contributed by atoms with van der Waals surface area (Å²) < 4.78 is 69.9. The summed E-state index contributed by atoms with van der Waals surface area (Å²) in [5.41, 5.74) is 11.3. The van der Waals surface area contributed by atoms with Gasteiger partial charge in [-0.05, 0) is 278 Å². The lowest BCUT2D eigenvalue weighted by Gasteiger charge is -2.25. The summed E-state index contributed by atoms with van der Waals surface area (Å²) in [7, 11) is 1.62. The smallest absolute Gasteiger partial charge is 0.254 e. The molecule has 0 N–H and O–H groups in total. The molecule has 0 atom stereocenters. The van der Waals surface area contributed by atoms with Gasteiger partial charge in [0.25, 0.3) is 29.5 Å². The first kappa shape index (κ1) is 105. The number of rotatable bonds is 38. The molecule has 4 fully saturated rings. The number of hydrogen-bond acceptors (Lipinski definition) is 16. The SMILES string of the molecule is CC(C)CCN(Cc1nc2cccnc2n1C1CCCC1)C(=O)c1ccc(F)cc1.CCCCCN(Cc1nc2cccnc2n1C1CCCC1)C(=O)c1ccc(F)cc1.CCCCN(Cc1nc2cccnc2n1C1CCCC1)C(=O)c1cccc(OC)c1.CCCN(Cc1nc2cccnc2n1CC1CC1)C(=O)c1cccc(F)c1.CCCn1c(CN(CCC(C)C)C(=O)c2ccc(F)cc2)nc2cccnc21. The number of ether oxygens (including phenoxy) is 1. The third-order valence-electron chi connectivity index (χ3n) is 27.4. The summed E-state index contributed by atoms with van der Waals surface area (Å²) in [5.74, 6) is 4.83. The zero-order valence-electron chi connectivity index (χ0n) is 85.3. The molecule has 5 aromatic carbocycles. The van der Waals surface area contributed by atoms with E-state index in [0.717, 1.165) is 194 Å². The second-order valence-electron chi connectivity index (χ2n) is 39.3. The van der Waals surface area contributed by atoms with Crippen LogP contribution in [-0.4, -0.2) is 167 Å². The molecule has 0 bridgehead atoms. The predicted octanol–water partition coefficient (Wildman–Crippen LogP) is 24.6. The number of carbonyl (C=O) groups is 5. The third kappa shape index (κ3) is 27.6. The number of carbonyl (C=O) groups excluding carboxylic acids is 5. The molecule has 15 aromatic rings. The first-order valence-electron chi connectivity index (χ1n) is 52.2. The van der Waals surface area contributed by atoms with E-state index in [-0.39, 0.29) is 47.0 Å². The van der Waals surface area contributed by atoms with Crippen molar-refractivity contribution in [1.29, 1.82) is 0 Å². The maximum absolute atomic E-state index is 13.6. The van der Waals surface area contributed by atoms with Gasteiger partial charge in [0.05, 0.1) is 39.8 Å². The van der Waals surface area contributed by atoms with E-state index in [1.165, 1.54) is 112 Å². The van der Waals surface area contributed by atoms with E-state index in [2.05, 4.69) is 96.2 Å².